The van der Waals surface area contributed by atoms with Crippen LogP contribution in [0.1, 0.15) is 49.9 Å². The normalized spacial score (nSPS) is 13.0. The minimum absolute atomic E-state index is 0.0163. The third-order valence-corrected chi connectivity index (χ3v) is 3.66. The first-order chi connectivity index (χ1) is 10.5. The molecule has 3 rings (SSSR count). The molecule has 0 aromatic carbocycles. The molecule has 3 aromatic heterocycles. The molecule has 0 saturated carbocycles. The van der Waals surface area contributed by atoms with Crippen molar-refractivity contribution in [3.63, 3.8) is 0 Å². The van der Waals surface area contributed by atoms with Crippen LogP contribution in [0.2, 0.25) is 0 Å². The second-order valence-electron chi connectivity index (χ2n) is 5.94. The summed E-state index contributed by atoms with van der Waals surface area (Å²) in [6.45, 7) is 8.30. The zero-order chi connectivity index (χ0) is 15.9. The van der Waals surface area contributed by atoms with Crippen molar-refractivity contribution in [1.82, 2.24) is 29.4 Å². The summed E-state index contributed by atoms with van der Waals surface area (Å²) in [6.07, 6.45) is 1.70. The van der Waals surface area contributed by atoms with Crippen molar-refractivity contribution in [1.29, 1.82) is 0 Å². The quantitative estimate of drug-likeness (QED) is 0.801. The molecule has 1 atom stereocenters. The monoisotopic (exact) mass is 299 g/mol. The van der Waals surface area contributed by atoms with Crippen molar-refractivity contribution in [3.05, 3.63) is 35.7 Å². The summed E-state index contributed by atoms with van der Waals surface area (Å²) in [5.74, 6) is 2.14. The van der Waals surface area contributed by atoms with Gasteiger partial charge in [-0.25, -0.2) is 4.98 Å². The lowest BCUT2D eigenvalue weighted by atomic mass is 10.1. The molecular formula is C15H21N7. The van der Waals surface area contributed by atoms with E-state index in [0.717, 1.165) is 28.7 Å². The van der Waals surface area contributed by atoms with Gasteiger partial charge in [-0.3, -0.25) is 0 Å². The van der Waals surface area contributed by atoms with E-state index >= 15 is 0 Å². The number of nitrogens with one attached hydrogen (secondary N) is 1. The second kappa shape index (κ2) is 5.40. The van der Waals surface area contributed by atoms with Gasteiger partial charge in [0.1, 0.15) is 12.1 Å². The van der Waals surface area contributed by atoms with Crippen LogP contribution in [-0.4, -0.2) is 29.4 Å². The van der Waals surface area contributed by atoms with E-state index in [1.807, 2.05) is 29.1 Å². The summed E-state index contributed by atoms with van der Waals surface area (Å²) in [6, 6.07) is 4.06. The van der Waals surface area contributed by atoms with E-state index in [2.05, 4.69) is 52.4 Å². The topological polar surface area (TPSA) is 72.9 Å². The summed E-state index contributed by atoms with van der Waals surface area (Å²) in [4.78, 5) is 4.67. The molecule has 0 aliphatic heterocycles. The summed E-state index contributed by atoms with van der Waals surface area (Å²) < 4.78 is 3.75. The summed E-state index contributed by atoms with van der Waals surface area (Å²) in [5, 5.41) is 16.1. The smallest absolute Gasteiger partial charge is 0.157 e. The summed E-state index contributed by atoms with van der Waals surface area (Å²) in [7, 11) is 1.94. The molecule has 7 heteroatoms. The molecule has 0 unspecified atom stereocenters. The van der Waals surface area contributed by atoms with Gasteiger partial charge in [0, 0.05) is 24.9 Å². The number of rotatable bonds is 4. The van der Waals surface area contributed by atoms with Crippen LogP contribution in [0.3, 0.4) is 0 Å². The number of hydrogen-bond donors (Lipinski definition) is 1. The lowest BCUT2D eigenvalue weighted by Gasteiger charge is -2.16. The fraction of sp³-hybridized carbons (Fsp3) is 0.467. The molecule has 116 valence electrons. The Hall–Kier alpha value is -2.44. The van der Waals surface area contributed by atoms with Crippen LogP contribution in [0.25, 0.3) is 5.65 Å². The minimum atomic E-state index is 0.0163. The van der Waals surface area contributed by atoms with Crippen molar-refractivity contribution < 1.29 is 0 Å². The Kier molecular flexibility index (Phi) is 3.56. The van der Waals surface area contributed by atoms with Crippen molar-refractivity contribution in [3.8, 4) is 0 Å². The van der Waals surface area contributed by atoms with Crippen LogP contribution >= 0.6 is 0 Å². The molecule has 0 fully saturated rings. The Bertz CT molecular complexity index is 799. The Morgan fingerprint density at radius 2 is 1.95 bits per heavy atom. The maximum atomic E-state index is 4.67. The van der Waals surface area contributed by atoms with Gasteiger partial charge >= 0.3 is 0 Å². The zero-order valence-corrected chi connectivity index (χ0v) is 13.6. The van der Waals surface area contributed by atoms with Crippen LogP contribution < -0.4 is 5.32 Å². The number of aromatic nitrogens is 6. The van der Waals surface area contributed by atoms with Gasteiger partial charge in [-0.2, -0.15) is 9.61 Å². The standard InChI is InChI=1S/C15H21N7/c1-9(2)12-7-14(22-13(18-12)6-10(3)20-22)17-11(4)15-19-16-8-21(15)5/h6-9,11,17H,1-5H3/t11-/m0/s1. The van der Waals surface area contributed by atoms with E-state index in [0.29, 0.717) is 5.92 Å². The molecule has 22 heavy (non-hydrogen) atoms. The van der Waals surface area contributed by atoms with E-state index < -0.39 is 0 Å². The highest BCUT2D eigenvalue weighted by molar-refractivity contribution is 5.51. The third-order valence-electron chi connectivity index (χ3n) is 3.66. The molecule has 0 amide bonds. The second-order valence-corrected chi connectivity index (χ2v) is 5.94. The highest BCUT2D eigenvalue weighted by Crippen LogP contribution is 2.22. The van der Waals surface area contributed by atoms with Crippen molar-refractivity contribution in [2.45, 2.75) is 39.7 Å². The van der Waals surface area contributed by atoms with Gasteiger partial charge in [-0.1, -0.05) is 13.8 Å². The van der Waals surface area contributed by atoms with Gasteiger partial charge in [0.15, 0.2) is 11.5 Å². The van der Waals surface area contributed by atoms with Crippen molar-refractivity contribution in [2.24, 2.45) is 7.05 Å². The van der Waals surface area contributed by atoms with Crippen LogP contribution in [0, 0.1) is 6.92 Å². The minimum Gasteiger partial charge on any atom is -0.360 e. The first kappa shape index (κ1) is 14.5. The Morgan fingerprint density at radius 3 is 2.59 bits per heavy atom. The molecule has 0 spiro atoms. The van der Waals surface area contributed by atoms with E-state index in [1.165, 1.54) is 0 Å². The predicted octanol–water partition coefficient (Wildman–Crippen LogP) is 2.46. The number of fused-ring (bicyclic) bond motifs is 1. The molecule has 0 saturated heterocycles. The van der Waals surface area contributed by atoms with Gasteiger partial charge in [0.05, 0.1) is 11.7 Å². The molecule has 7 nitrogen and oxygen atoms in total. The van der Waals surface area contributed by atoms with E-state index in [1.54, 1.807) is 6.33 Å². The first-order valence-corrected chi connectivity index (χ1v) is 7.43. The molecule has 0 aliphatic carbocycles. The highest BCUT2D eigenvalue weighted by atomic mass is 15.3. The molecular weight excluding hydrogens is 278 g/mol. The SMILES string of the molecule is Cc1cc2nc(C(C)C)cc(N[C@@H](C)c3nncn3C)n2n1. The van der Waals surface area contributed by atoms with E-state index in [4.69, 9.17) is 0 Å². The van der Waals surface area contributed by atoms with Gasteiger partial charge < -0.3 is 9.88 Å². The average Bonchev–Trinajstić information content (AvgIpc) is 3.03. The number of hydrogen-bond acceptors (Lipinski definition) is 5. The van der Waals surface area contributed by atoms with Gasteiger partial charge in [-0.15, -0.1) is 10.2 Å². The molecule has 0 aliphatic rings. The summed E-state index contributed by atoms with van der Waals surface area (Å²) >= 11 is 0. The maximum absolute atomic E-state index is 4.67. The number of anilines is 1. The molecule has 3 heterocycles. The molecule has 0 bridgehead atoms. The highest BCUT2D eigenvalue weighted by Gasteiger charge is 2.15. The Labute approximate surface area is 129 Å². The van der Waals surface area contributed by atoms with E-state index in [-0.39, 0.29) is 6.04 Å². The Balaban J connectivity index is 2.03. The number of aryl methyl sites for hydroxylation is 2. The molecule has 3 aromatic rings. The zero-order valence-electron chi connectivity index (χ0n) is 13.6. The third kappa shape index (κ3) is 2.54. The van der Waals surface area contributed by atoms with Gasteiger partial charge in [0.25, 0.3) is 0 Å². The lowest BCUT2D eigenvalue weighted by Crippen LogP contribution is -2.15. The van der Waals surface area contributed by atoms with Gasteiger partial charge in [0.2, 0.25) is 0 Å². The maximum Gasteiger partial charge on any atom is 0.157 e. The Morgan fingerprint density at radius 1 is 1.18 bits per heavy atom. The fourth-order valence-corrected chi connectivity index (χ4v) is 2.48. The average molecular weight is 299 g/mol. The fourth-order valence-electron chi connectivity index (χ4n) is 2.48. The van der Waals surface area contributed by atoms with Crippen molar-refractivity contribution in [2.75, 3.05) is 5.32 Å². The van der Waals surface area contributed by atoms with Crippen LogP contribution in [0.4, 0.5) is 5.82 Å². The lowest BCUT2D eigenvalue weighted by molar-refractivity contribution is 0.708. The van der Waals surface area contributed by atoms with Gasteiger partial charge in [-0.05, 0) is 19.8 Å². The summed E-state index contributed by atoms with van der Waals surface area (Å²) in [5.41, 5.74) is 2.85. The van der Waals surface area contributed by atoms with Crippen LogP contribution in [-0.2, 0) is 7.05 Å². The molecule has 1 N–H and O–H groups in total. The molecule has 0 radical (unpaired) electrons. The number of nitrogens with zero attached hydrogens (tertiary/aromatic N) is 6. The predicted molar refractivity (Wildman–Crippen MR) is 84.9 cm³/mol. The largest absolute Gasteiger partial charge is 0.360 e. The van der Waals surface area contributed by atoms with E-state index in [9.17, 15) is 0 Å². The van der Waals surface area contributed by atoms with Crippen LogP contribution in [0.5, 0.6) is 0 Å². The van der Waals surface area contributed by atoms with Crippen LogP contribution in [0.15, 0.2) is 18.5 Å². The first-order valence-electron chi connectivity index (χ1n) is 7.43. The van der Waals surface area contributed by atoms with Crippen molar-refractivity contribution >= 4 is 11.5 Å².